The minimum atomic E-state index is -0.730. The highest BCUT2D eigenvalue weighted by Gasteiger charge is 2.22. The van der Waals surface area contributed by atoms with Gasteiger partial charge in [0, 0.05) is 13.0 Å². The van der Waals surface area contributed by atoms with Gasteiger partial charge in [-0.25, -0.2) is 0 Å². The van der Waals surface area contributed by atoms with Crippen molar-refractivity contribution in [2.45, 2.75) is 83.3 Å². The Balaban J connectivity index is 2.33. The predicted molar refractivity (Wildman–Crippen MR) is 97.0 cm³/mol. The lowest BCUT2D eigenvalue weighted by molar-refractivity contribution is -0.137. The molecule has 1 saturated heterocycles. The molecule has 0 aliphatic carbocycles. The van der Waals surface area contributed by atoms with Crippen molar-refractivity contribution < 1.29 is 19.7 Å². The molecule has 0 unspecified atom stereocenters. The highest BCUT2D eigenvalue weighted by Crippen LogP contribution is 2.25. The van der Waals surface area contributed by atoms with Crippen molar-refractivity contribution in [3.05, 3.63) is 24.3 Å². The van der Waals surface area contributed by atoms with Crippen molar-refractivity contribution in [1.82, 2.24) is 0 Å². The monoisotopic (exact) mass is 338 g/mol. The second-order valence-corrected chi connectivity index (χ2v) is 6.68. The van der Waals surface area contributed by atoms with E-state index in [-0.39, 0.29) is 18.6 Å². The third-order valence-electron chi connectivity index (χ3n) is 4.49. The molecule has 1 aliphatic heterocycles. The van der Waals surface area contributed by atoms with E-state index in [1.165, 1.54) is 12.8 Å². The fourth-order valence-corrected chi connectivity index (χ4v) is 3.03. The number of carboxylic acid groups (broad SMARTS) is 1. The molecule has 4 heteroatoms. The van der Waals surface area contributed by atoms with Crippen molar-refractivity contribution >= 4 is 5.97 Å². The van der Waals surface area contributed by atoms with Crippen molar-refractivity contribution in [3.8, 4) is 0 Å². The van der Waals surface area contributed by atoms with E-state index in [9.17, 15) is 9.90 Å². The van der Waals surface area contributed by atoms with E-state index in [1.807, 2.05) is 12.2 Å². The minimum absolute atomic E-state index is 0.0863. The van der Waals surface area contributed by atoms with Gasteiger partial charge in [0.25, 0.3) is 0 Å². The molecule has 3 atom stereocenters. The number of rotatable bonds is 12. The van der Waals surface area contributed by atoms with Gasteiger partial charge in [-0.1, -0.05) is 50.5 Å². The summed E-state index contributed by atoms with van der Waals surface area (Å²) in [7, 11) is 0. The fourth-order valence-electron chi connectivity index (χ4n) is 3.03. The molecule has 0 radical (unpaired) electrons. The number of ether oxygens (including phenoxy) is 1. The van der Waals surface area contributed by atoms with Crippen LogP contribution in [-0.2, 0) is 9.53 Å². The molecule has 0 aromatic carbocycles. The maximum Gasteiger partial charge on any atom is 0.303 e. The highest BCUT2D eigenvalue weighted by atomic mass is 16.5. The van der Waals surface area contributed by atoms with Gasteiger partial charge >= 0.3 is 5.97 Å². The molecule has 1 heterocycles. The van der Waals surface area contributed by atoms with Crippen LogP contribution in [0.3, 0.4) is 0 Å². The zero-order chi connectivity index (χ0) is 17.6. The van der Waals surface area contributed by atoms with Crippen LogP contribution >= 0.6 is 0 Å². The maximum absolute atomic E-state index is 10.5. The zero-order valence-electron chi connectivity index (χ0n) is 15.0. The van der Waals surface area contributed by atoms with E-state index in [4.69, 9.17) is 9.84 Å². The summed E-state index contributed by atoms with van der Waals surface area (Å²) in [6.07, 6.45) is 17.0. The molecule has 0 amide bonds. The molecule has 0 aromatic rings. The van der Waals surface area contributed by atoms with E-state index in [1.54, 1.807) is 0 Å². The van der Waals surface area contributed by atoms with Gasteiger partial charge in [0.05, 0.1) is 12.2 Å². The first-order chi connectivity index (χ1) is 11.6. The van der Waals surface area contributed by atoms with Crippen LogP contribution in [0.1, 0.15) is 71.1 Å². The number of unbranched alkanes of at least 4 members (excludes halogenated alkanes) is 3. The Hall–Kier alpha value is -1.13. The second kappa shape index (κ2) is 13.2. The van der Waals surface area contributed by atoms with Crippen LogP contribution in [0.2, 0.25) is 0 Å². The van der Waals surface area contributed by atoms with Crippen molar-refractivity contribution in [2.24, 2.45) is 5.92 Å². The van der Waals surface area contributed by atoms with Crippen LogP contribution in [0.15, 0.2) is 24.3 Å². The number of hydrogen-bond acceptors (Lipinski definition) is 3. The SMILES string of the molecule is CCCCC[C@H](O)C=C[C@H]1OCCC[C@@H]1C/C=C\CCCC(=O)O. The van der Waals surface area contributed by atoms with Crippen LogP contribution in [0.5, 0.6) is 0 Å². The van der Waals surface area contributed by atoms with Crippen LogP contribution in [-0.4, -0.2) is 35.0 Å². The van der Waals surface area contributed by atoms with E-state index in [0.29, 0.717) is 12.3 Å². The average molecular weight is 338 g/mol. The Morgan fingerprint density at radius 2 is 2.12 bits per heavy atom. The topological polar surface area (TPSA) is 66.8 Å². The lowest BCUT2D eigenvalue weighted by atomic mass is 9.90. The van der Waals surface area contributed by atoms with Crippen LogP contribution in [0.4, 0.5) is 0 Å². The molecule has 4 nitrogen and oxygen atoms in total. The van der Waals surface area contributed by atoms with Crippen molar-refractivity contribution in [1.29, 1.82) is 0 Å². The van der Waals surface area contributed by atoms with Crippen LogP contribution < -0.4 is 0 Å². The zero-order valence-corrected chi connectivity index (χ0v) is 15.0. The standard InChI is InChI=1S/C20H34O4/c1-2-3-6-12-18(21)14-15-19-17(11-9-16-24-19)10-7-4-5-8-13-20(22)23/h4,7,14-15,17-19,21H,2-3,5-6,8-13,16H2,1H3,(H,22,23)/b7-4-,15-14?/t17-,18-,19+/m0/s1. The molecule has 0 bridgehead atoms. The lowest BCUT2D eigenvalue weighted by Crippen LogP contribution is -2.27. The highest BCUT2D eigenvalue weighted by molar-refractivity contribution is 5.66. The van der Waals surface area contributed by atoms with Gasteiger partial charge in [-0.15, -0.1) is 0 Å². The number of allylic oxidation sites excluding steroid dienone is 2. The van der Waals surface area contributed by atoms with Gasteiger partial charge in [0.1, 0.15) is 0 Å². The Morgan fingerprint density at radius 1 is 1.29 bits per heavy atom. The van der Waals surface area contributed by atoms with E-state index < -0.39 is 5.97 Å². The van der Waals surface area contributed by atoms with Gasteiger partial charge in [0.15, 0.2) is 0 Å². The van der Waals surface area contributed by atoms with Gasteiger partial charge in [-0.2, -0.15) is 0 Å². The first-order valence-corrected chi connectivity index (χ1v) is 9.48. The third kappa shape index (κ3) is 9.89. The van der Waals surface area contributed by atoms with Gasteiger partial charge in [-0.05, 0) is 44.4 Å². The lowest BCUT2D eigenvalue weighted by Gasteiger charge is -2.29. The Labute approximate surface area is 146 Å². The predicted octanol–water partition coefficient (Wildman–Crippen LogP) is 4.48. The second-order valence-electron chi connectivity index (χ2n) is 6.68. The number of aliphatic hydroxyl groups excluding tert-OH is 1. The summed E-state index contributed by atoms with van der Waals surface area (Å²) in [6, 6.07) is 0. The Morgan fingerprint density at radius 3 is 2.88 bits per heavy atom. The van der Waals surface area contributed by atoms with Gasteiger partial charge in [-0.3, -0.25) is 4.79 Å². The first kappa shape index (κ1) is 20.9. The summed E-state index contributed by atoms with van der Waals surface area (Å²) in [5.41, 5.74) is 0. The smallest absolute Gasteiger partial charge is 0.303 e. The molecule has 138 valence electrons. The third-order valence-corrected chi connectivity index (χ3v) is 4.49. The Kier molecular flexibility index (Phi) is 11.5. The number of aliphatic carboxylic acids is 1. The largest absolute Gasteiger partial charge is 0.481 e. The molecule has 0 saturated carbocycles. The number of aliphatic hydroxyl groups is 1. The number of carboxylic acids is 1. The molecule has 2 N–H and O–H groups in total. The maximum atomic E-state index is 10.5. The fraction of sp³-hybridized carbons (Fsp3) is 0.750. The summed E-state index contributed by atoms with van der Waals surface area (Å²) in [5.74, 6) is -0.277. The number of hydrogen-bond donors (Lipinski definition) is 2. The first-order valence-electron chi connectivity index (χ1n) is 9.48. The molecular formula is C20H34O4. The van der Waals surface area contributed by atoms with Gasteiger partial charge in [0.2, 0.25) is 0 Å². The quantitative estimate of drug-likeness (QED) is 0.407. The molecule has 1 rings (SSSR count). The summed E-state index contributed by atoms with van der Waals surface area (Å²) >= 11 is 0. The molecular weight excluding hydrogens is 304 g/mol. The summed E-state index contributed by atoms with van der Waals surface area (Å²) in [4.78, 5) is 10.5. The Bertz CT molecular complexity index is 389. The number of carbonyl (C=O) groups is 1. The van der Waals surface area contributed by atoms with E-state index in [2.05, 4.69) is 19.1 Å². The molecule has 1 fully saturated rings. The normalized spacial score (nSPS) is 23.1. The molecule has 0 spiro atoms. The van der Waals surface area contributed by atoms with E-state index >= 15 is 0 Å². The van der Waals surface area contributed by atoms with Gasteiger partial charge < -0.3 is 14.9 Å². The van der Waals surface area contributed by atoms with Crippen molar-refractivity contribution in [3.63, 3.8) is 0 Å². The molecule has 24 heavy (non-hydrogen) atoms. The molecule has 1 aliphatic rings. The van der Waals surface area contributed by atoms with Crippen LogP contribution in [0.25, 0.3) is 0 Å². The minimum Gasteiger partial charge on any atom is -0.481 e. The summed E-state index contributed by atoms with van der Waals surface area (Å²) < 4.78 is 5.87. The average Bonchev–Trinajstić information content (AvgIpc) is 2.57. The summed E-state index contributed by atoms with van der Waals surface area (Å²) in [5, 5.41) is 18.6. The van der Waals surface area contributed by atoms with E-state index in [0.717, 1.165) is 45.1 Å². The van der Waals surface area contributed by atoms with Crippen LogP contribution in [0, 0.1) is 5.92 Å². The molecule has 0 aromatic heterocycles. The summed E-state index contributed by atoms with van der Waals surface area (Å²) in [6.45, 7) is 2.96. The van der Waals surface area contributed by atoms with Crippen molar-refractivity contribution in [2.75, 3.05) is 6.61 Å².